The summed E-state index contributed by atoms with van der Waals surface area (Å²) in [5.41, 5.74) is 0.760. The number of rotatable bonds is 3. The highest BCUT2D eigenvalue weighted by atomic mass is 32.2. The maximum Gasteiger partial charge on any atom is 0.259 e. The fourth-order valence-corrected chi connectivity index (χ4v) is 2.57. The Hall–Kier alpha value is -2.45. The summed E-state index contributed by atoms with van der Waals surface area (Å²) in [6, 6.07) is 5.68. The Morgan fingerprint density at radius 2 is 2.05 bits per heavy atom. The van der Waals surface area contributed by atoms with Gasteiger partial charge < -0.3 is 10.4 Å². The fourth-order valence-electron chi connectivity index (χ4n) is 1.76. The molecule has 0 saturated carbocycles. The molecule has 0 radical (unpaired) electrons. The third-order valence-electron chi connectivity index (χ3n) is 2.80. The van der Waals surface area contributed by atoms with Crippen molar-refractivity contribution in [2.75, 3.05) is 5.32 Å². The molecule has 1 amide bonds. The van der Waals surface area contributed by atoms with Crippen LogP contribution in [-0.2, 0) is 10.0 Å². The Bertz CT molecular complexity index is 803. The second-order valence-electron chi connectivity index (χ2n) is 4.37. The van der Waals surface area contributed by atoms with E-state index in [2.05, 4.69) is 10.3 Å². The Morgan fingerprint density at radius 3 is 2.67 bits per heavy atom. The minimum Gasteiger partial charge on any atom is -0.505 e. The number of sulfonamides is 1. The number of carbonyl (C=O) groups excluding carboxylic acids is 1. The highest BCUT2D eigenvalue weighted by molar-refractivity contribution is 7.89. The van der Waals surface area contributed by atoms with Crippen molar-refractivity contribution in [3.8, 4) is 5.75 Å². The van der Waals surface area contributed by atoms with Gasteiger partial charge in [0.05, 0.1) is 16.7 Å². The highest BCUT2D eigenvalue weighted by Crippen LogP contribution is 2.21. The van der Waals surface area contributed by atoms with Gasteiger partial charge in [-0.3, -0.25) is 9.78 Å². The Balaban J connectivity index is 2.33. The number of aromatic nitrogens is 1. The second kappa shape index (κ2) is 5.51. The number of hydrogen-bond acceptors (Lipinski definition) is 5. The van der Waals surface area contributed by atoms with E-state index in [9.17, 15) is 18.3 Å². The largest absolute Gasteiger partial charge is 0.505 e. The molecule has 2 aromatic rings. The number of aromatic hydroxyl groups is 1. The van der Waals surface area contributed by atoms with E-state index in [-0.39, 0.29) is 21.9 Å². The van der Waals surface area contributed by atoms with Crippen molar-refractivity contribution in [1.82, 2.24) is 4.98 Å². The number of nitrogens with one attached hydrogen (secondary N) is 1. The lowest BCUT2D eigenvalue weighted by atomic mass is 10.2. The molecule has 1 heterocycles. The van der Waals surface area contributed by atoms with Crippen LogP contribution < -0.4 is 10.5 Å². The molecular formula is C13H13N3O4S. The molecular weight excluding hydrogens is 294 g/mol. The first-order chi connectivity index (χ1) is 9.79. The van der Waals surface area contributed by atoms with Gasteiger partial charge in [-0.25, -0.2) is 13.6 Å². The minimum absolute atomic E-state index is 0.0303. The van der Waals surface area contributed by atoms with Gasteiger partial charge in [-0.2, -0.15) is 0 Å². The molecule has 1 aromatic carbocycles. The van der Waals surface area contributed by atoms with Gasteiger partial charge in [0.2, 0.25) is 10.0 Å². The number of carbonyl (C=O) groups is 1. The van der Waals surface area contributed by atoms with E-state index in [0.29, 0.717) is 5.56 Å². The first-order valence-electron chi connectivity index (χ1n) is 5.87. The molecule has 0 aliphatic heterocycles. The van der Waals surface area contributed by atoms with Gasteiger partial charge in [-0.15, -0.1) is 0 Å². The number of benzene rings is 1. The lowest BCUT2D eigenvalue weighted by Crippen LogP contribution is -2.16. The Labute approximate surface area is 121 Å². The van der Waals surface area contributed by atoms with Gasteiger partial charge in [0.1, 0.15) is 5.75 Å². The number of amides is 1. The molecule has 0 spiro atoms. The molecule has 0 saturated heterocycles. The van der Waals surface area contributed by atoms with E-state index in [1.54, 1.807) is 13.0 Å². The minimum atomic E-state index is -3.88. The number of anilines is 1. The lowest BCUT2D eigenvalue weighted by Gasteiger charge is -2.09. The number of primary sulfonamides is 1. The average Bonchev–Trinajstić information content (AvgIpc) is 2.40. The summed E-state index contributed by atoms with van der Waals surface area (Å²) in [5.74, 6) is -0.854. The van der Waals surface area contributed by atoms with Crippen LogP contribution in [0.4, 0.5) is 5.69 Å². The summed E-state index contributed by atoms with van der Waals surface area (Å²) < 4.78 is 22.9. The van der Waals surface area contributed by atoms with E-state index in [1.165, 1.54) is 24.4 Å². The lowest BCUT2D eigenvalue weighted by molar-refractivity contribution is 0.102. The monoisotopic (exact) mass is 307 g/mol. The maximum absolute atomic E-state index is 12.0. The molecule has 0 unspecified atom stereocenters. The van der Waals surface area contributed by atoms with E-state index in [1.807, 2.05) is 0 Å². The Morgan fingerprint density at radius 1 is 1.33 bits per heavy atom. The van der Waals surface area contributed by atoms with Crippen LogP contribution in [0.3, 0.4) is 0 Å². The molecule has 0 aliphatic rings. The molecule has 110 valence electrons. The van der Waals surface area contributed by atoms with Crippen molar-refractivity contribution in [3.63, 3.8) is 0 Å². The van der Waals surface area contributed by atoms with Gasteiger partial charge in [-0.1, -0.05) is 6.07 Å². The SMILES string of the molecule is Cc1ccc(NC(=O)c2ccncc2O)cc1S(N)(=O)=O. The highest BCUT2D eigenvalue weighted by Gasteiger charge is 2.15. The van der Waals surface area contributed by atoms with Gasteiger partial charge in [0, 0.05) is 11.9 Å². The molecule has 0 aliphatic carbocycles. The Kier molecular flexibility index (Phi) is 3.92. The molecule has 4 N–H and O–H groups in total. The van der Waals surface area contributed by atoms with E-state index in [4.69, 9.17) is 5.14 Å². The summed E-state index contributed by atoms with van der Waals surface area (Å²) in [5, 5.41) is 17.1. The molecule has 0 fully saturated rings. The van der Waals surface area contributed by atoms with Crippen LogP contribution in [0.2, 0.25) is 0 Å². The summed E-state index contributed by atoms with van der Waals surface area (Å²) in [6.45, 7) is 1.60. The number of nitrogens with zero attached hydrogens (tertiary/aromatic N) is 1. The van der Waals surface area contributed by atoms with Crippen molar-refractivity contribution in [1.29, 1.82) is 0 Å². The predicted octanol–water partition coefficient (Wildman–Crippen LogP) is 0.995. The van der Waals surface area contributed by atoms with Crippen LogP contribution in [0, 0.1) is 6.92 Å². The maximum atomic E-state index is 12.0. The fraction of sp³-hybridized carbons (Fsp3) is 0.0769. The normalized spacial score (nSPS) is 11.1. The molecule has 0 atom stereocenters. The van der Waals surface area contributed by atoms with Gasteiger partial charge >= 0.3 is 0 Å². The zero-order valence-corrected chi connectivity index (χ0v) is 11.9. The van der Waals surface area contributed by atoms with Crippen molar-refractivity contribution in [2.45, 2.75) is 11.8 Å². The molecule has 2 rings (SSSR count). The smallest absolute Gasteiger partial charge is 0.259 e. The first-order valence-corrected chi connectivity index (χ1v) is 7.41. The molecule has 8 heteroatoms. The van der Waals surface area contributed by atoms with Gasteiger partial charge in [-0.05, 0) is 30.7 Å². The number of hydrogen-bond donors (Lipinski definition) is 3. The van der Waals surface area contributed by atoms with Crippen LogP contribution in [0.5, 0.6) is 5.75 Å². The quantitative estimate of drug-likeness (QED) is 0.780. The van der Waals surface area contributed by atoms with Gasteiger partial charge in [0.25, 0.3) is 5.91 Å². The summed E-state index contributed by atoms with van der Waals surface area (Å²) in [4.78, 5) is 15.6. The van der Waals surface area contributed by atoms with Crippen LogP contribution >= 0.6 is 0 Å². The topological polar surface area (TPSA) is 122 Å². The number of nitrogens with two attached hydrogens (primary N) is 1. The van der Waals surface area contributed by atoms with Gasteiger partial charge in [0.15, 0.2) is 0 Å². The molecule has 0 bridgehead atoms. The average molecular weight is 307 g/mol. The predicted molar refractivity (Wildman–Crippen MR) is 76.4 cm³/mol. The van der Waals surface area contributed by atoms with Crippen molar-refractivity contribution < 1.29 is 18.3 Å². The zero-order valence-electron chi connectivity index (χ0n) is 11.1. The number of aryl methyl sites for hydroxylation is 1. The first kappa shape index (κ1) is 14.9. The standard InChI is InChI=1S/C13H13N3O4S/c1-8-2-3-9(6-12(8)21(14,19)20)16-13(18)10-4-5-15-7-11(10)17/h2-7,17H,1H3,(H,16,18)(H2,14,19,20). The van der Waals surface area contributed by atoms with Crippen LogP contribution in [-0.4, -0.2) is 24.4 Å². The zero-order chi connectivity index (χ0) is 15.6. The van der Waals surface area contributed by atoms with Crippen LogP contribution in [0.15, 0.2) is 41.6 Å². The van der Waals surface area contributed by atoms with Crippen molar-refractivity contribution in [3.05, 3.63) is 47.8 Å². The van der Waals surface area contributed by atoms with E-state index >= 15 is 0 Å². The van der Waals surface area contributed by atoms with E-state index < -0.39 is 15.9 Å². The van der Waals surface area contributed by atoms with Crippen molar-refractivity contribution >= 4 is 21.6 Å². The molecule has 1 aromatic heterocycles. The van der Waals surface area contributed by atoms with Crippen LogP contribution in [0.1, 0.15) is 15.9 Å². The van der Waals surface area contributed by atoms with E-state index in [0.717, 1.165) is 6.20 Å². The summed E-state index contributed by atoms with van der Waals surface area (Å²) in [7, 11) is -3.88. The third kappa shape index (κ3) is 3.36. The summed E-state index contributed by atoms with van der Waals surface area (Å²) >= 11 is 0. The van der Waals surface area contributed by atoms with Crippen LogP contribution in [0.25, 0.3) is 0 Å². The third-order valence-corrected chi connectivity index (χ3v) is 3.85. The summed E-state index contributed by atoms with van der Waals surface area (Å²) in [6.07, 6.45) is 2.50. The second-order valence-corrected chi connectivity index (χ2v) is 5.90. The van der Waals surface area contributed by atoms with Crippen molar-refractivity contribution in [2.24, 2.45) is 5.14 Å². The molecule has 7 nitrogen and oxygen atoms in total. The molecule has 21 heavy (non-hydrogen) atoms. The number of pyridine rings is 1.